The third-order valence-corrected chi connectivity index (χ3v) is 2.82. The van der Waals surface area contributed by atoms with Gasteiger partial charge in [0.25, 0.3) is 0 Å². The zero-order valence-corrected chi connectivity index (χ0v) is 9.13. The van der Waals surface area contributed by atoms with Gasteiger partial charge in [-0.1, -0.05) is 30.3 Å². The summed E-state index contributed by atoms with van der Waals surface area (Å²) in [6.45, 7) is 0.482. The van der Waals surface area contributed by atoms with Gasteiger partial charge in [0.05, 0.1) is 7.05 Å². The van der Waals surface area contributed by atoms with E-state index in [1.807, 2.05) is 42.5 Å². The number of benzene rings is 1. The molecule has 0 aromatic heterocycles. The second-order valence-corrected chi connectivity index (χ2v) is 4.07. The van der Waals surface area contributed by atoms with Crippen molar-refractivity contribution in [3.8, 4) is 0 Å². The summed E-state index contributed by atoms with van der Waals surface area (Å²) in [5.41, 5.74) is 2.20. The third-order valence-electron chi connectivity index (χ3n) is 2.82. The fraction of sp³-hybridized carbons (Fsp3) is 0.154. The highest BCUT2D eigenvalue weighted by molar-refractivity contribution is 5.75. The van der Waals surface area contributed by atoms with Crippen molar-refractivity contribution in [3.05, 3.63) is 54.2 Å². The summed E-state index contributed by atoms with van der Waals surface area (Å²) in [5, 5.41) is 9.05. The Bertz CT molecular complexity index is 462. The Morgan fingerprint density at radius 2 is 2.00 bits per heavy atom. The summed E-state index contributed by atoms with van der Waals surface area (Å²) in [4.78, 5) is 11.0. The van der Waals surface area contributed by atoms with Crippen molar-refractivity contribution in [1.82, 2.24) is 0 Å². The molecule has 1 atom stereocenters. The van der Waals surface area contributed by atoms with Crippen molar-refractivity contribution in [2.45, 2.75) is 0 Å². The van der Waals surface area contributed by atoms with Crippen LogP contribution in [0.5, 0.6) is 0 Å². The highest BCUT2D eigenvalue weighted by atomic mass is 16.4. The average molecular weight is 216 g/mol. The normalized spacial score (nSPS) is 23.9. The van der Waals surface area contributed by atoms with Crippen molar-refractivity contribution >= 4 is 11.7 Å². The van der Waals surface area contributed by atoms with Crippen LogP contribution in [0, 0.1) is 0 Å². The average Bonchev–Trinajstić information content (AvgIpc) is 2.31. The molecule has 1 aliphatic rings. The highest BCUT2D eigenvalue weighted by Gasteiger charge is 2.30. The van der Waals surface area contributed by atoms with Crippen molar-refractivity contribution in [2.75, 3.05) is 13.6 Å². The number of allylic oxidation sites excluding steroid dienone is 2. The molecule has 1 amide bonds. The molecule has 1 aromatic carbocycles. The Hall–Kier alpha value is -1.87. The molecule has 0 aliphatic carbocycles. The first-order valence-electron chi connectivity index (χ1n) is 5.15. The standard InChI is InChI=1S/C13H13NO2/c1-14(13(15)16)9-7-12(8-10-14)11-5-3-2-4-6-11/h2-9H,10H2,1H3/p+1. The van der Waals surface area contributed by atoms with E-state index >= 15 is 0 Å². The van der Waals surface area contributed by atoms with Gasteiger partial charge in [-0.15, -0.1) is 0 Å². The Balaban J connectivity index is 2.23. The molecule has 3 heteroatoms. The van der Waals surface area contributed by atoms with Crippen LogP contribution in [0.4, 0.5) is 4.79 Å². The molecular formula is C13H14NO2+. The van der Waals surface area contributed by atoms with E-state index in [-0.39, 0.29) is 4.48 Å². The molecule has 1 N–H and O–H groups in total. The molecule has 0 saturated heterocycles. The van der Waals surface area contributed by atoms with Crippen LogP contribution >= 0.6 is 0 Å². The van der Waals surface area contributed by atoms with Crippen molar-refractivity contribution in [3.63, 3.8) is 0 Å². The minimum Gasteiger partial charge on any atom is -0.435 e. The molecule has 1 unspecified atom stereocenters. The Labute approximate surface area is 94.5 Å². The summed E-state index contributed by atoms with van der Waals surface area (Å²) >= 11 is 0. The number of carbonyl (C=O) groups is 1. The first kappa shape index (κ1) is 10.6. The van der Waals surface area contributed by atoms with Crippen LogP contribution in [0.2, 0.25) is 0 Å². The largest absolute Gasteiger partial charge is 0.518 e. The van der Waals surface area contributed by atoms with E-state index in [0.29, 0.717) is 6.54 Å². The Morgan fingerprint density at radius 3 is 2.50 bits per heavy atom. The van der Waals surface area contributed by atoms with Crippen molar-refractivity contribution in [2.24, 2.45) is 0 Å². The smallest absolute Gasteiger partial charge is 0.435 e. The molecule has 3 nitrogen and oxygen atoms in total. The fourth-order valence-corrected chi connectivity index (χ4v) is 1.65. The summed E-state index contributed by atoms with van der Waals surface area (Å²) < 4.78 is -0.0870. The molecule has 0 spiro atoms. The quantitative estimate of drug-likeness (QED) is 0.733. The van der Waals surface area contributed by atoms with Crippen LogP contribution in [-0.2, 0) is 0 Å². The molecule has 0 radical (unpaired) electrons. The number of hydrogen-bond donors (Lipinski definition) is 1. The lowest BCUT2D eigenvalue weighted by molar-refractivity contribution is -0.778. The van der Waals surface area contributed by atoms with Gasteiger partial charge in [0.1, 0.15) is 12.7 Å². The van der Waals surface area contributed by atoms with E-state index in [4.69, 9.17) is 5.11 Å². The van der Waals surface area contributed by atoms with Gasteiger partial charge in [-0.3, -0.25) is 0 Å². The summed E-state index contributed by atoms with van der Waals surface area (Å²) in [5.74, 6) is 0. The van der Waals surface area contributed by atoms with Gasteiger partial charge in [-0.2, -0.15) is 9.28 Å². The number of nitrogens with zero attached hydrogens (tertiary/aromatic N) is 1. The number of hydrogen-bond acceptors (Lipinski definition) is 1. The SMILES string of the molecule is C[N+]1(C(=O)O)C=CC(c2ccccc2)=CC1. The van der Waals surface area contributed by atoms with Gasteiger partial charge >= 0.3 is 6.09 Å². The van der Waals surface area contributed by atoms with Crippen LogP contribution in [0.15, 0.2) is 48.7 Å². The number of quaternary nitrogens is 1. The lowest BCUT2D eigenvalue weighted by atomic mass is 10.0. The van der Waals surface area contributed by atoms with E-state index in [2.05, 4.69) is 0 Å². The third kappa shape index (κ3) is 1.90. The molecule has 2 rings (SSSR count). The topological polar surface area (TPSA) is 37.3 Å². The number of rotatable bonds is 1. The number of carboxylic acid groups (broad SMARTS) is 1. The van der Waals surface area contributed by atoms with E-state index < -0.39 is 6.09 Å². The molecule has 16 heavy (non-hydrogen) atoms. The maximum Gasteiger partial charge on any atom is 0.518 e. The van der Waals surface area contributed by atoms with E-state index in [1.54, 1.807) is 13.2 Å². The zero-order valence-electron chi connectivity index (χ0n) is 9.13. The zero-order chi connectivity index (χ0) is 11.6. The van der Waals surface area contributed by atoms with Gasteiger partial charge in [-0.05, 0) is 23.3 Å². The Kier molecular flexibility index (Phi) is 2.62. The first-order valence-corrected chi connectivity index (χ1v) is 5.15. The molecule has 1 heterocycles. The Morgan fingerprint density at radius 1 is 1.31 bits per heavy atom. The maximum atomic E-state index is 11.0. The summed E-state index contributed by atoms with van der Waals surface area (Å²) in [6.07, 6.45) is 4.71. The van der Waals surface area contributed by atoms with Gasteiger partial charge in [-0.25, -0.2) is 0 Å². The molecule has 1 aliphatic heterocycles. The number of likely N-dealkylation sites (N-methyl/N-ethyl adjacent to an activating group) is 1. The van der Waals surface area contributed by atoms with Crippen molar-refractivity contribution in [1.29, 1.82) is 0 Å². The summed E-state index contributed by atoms with van der Waals surface area (Å²) in [6, 6.07) is 9.96. The van der Waals surface area contributed by atoms with E-state index in [1.165, 1.54) is 0 Å². The molecule has 0 bridgehead atoms. The van der Waals surface area contributed by atoms with Crippen LogP contribution in [-0.4, -0.2) is 29.3 Å². The van der Waals surface area contributed by atoms with Crippen LogP contribution in [0.3, 0.4) is 0 Å². The fourth-order valence-electron chi connectivity index (χ4n) is 1.65. The van der Waals surface area contributed by atoms with Crippen LogP contribution in [0.25, 0.3) is 5.57 Å². The highest BCUT2D eigenvalue weighted by Crippen LogP contribution is 2.22. The minimum absolute atomic E-state index is 0.0870. The van der Waals surface area contributed by atoms with Crippen molar-refractivity contribution < 1.29 is 14.4 Å². The molecule has 0 fully saturated rings. The first-order chi connectivity index (χ1) is 7.62. The lowest BCUT2D eigenvalue weighted by Crippen LogP contribution is -2.44. The van der Waals surface area contributed by atoms with E-state index in [0.717, 1.165) is 11.1 Å². The monoisotopic (exact) mass is 216 g/mol. The predicted octanol–water partition coefficient (Wildman–Crippen LogP) is 2.72. The van der Waals surface area contributed by atoms with Gasteiger partial charge in [0.2, 0.25) is 0 Å². The predicted molar refractivity (Wildman–Crippen MR) is 62.6 cm³/mol. The maximum absolute atomic E-state index is 11.0. The molecule has 0 saturated carbocycles. The van der Waals surface area contributed by atoms with Gasteiger partial charge in [0.15, 0.2) is 0 Å². The minimum atomic E-state index is -0.834. The number of amides is 1. The summed E-state index contributed by atoms with van der Waals surface area (Å²) in [7, 11) is 1.68. The van der Waals surface area contributed by atoms with Crippen LogP contribution < -0.4 is 0 Å². The van der Waals surface area contributed by atoms with Gasteiger partial charge < -0.3 is 5.11 Å². The molecular weight excluding hydrogens is 202 g/mol. The second-order valence-electron chi connectivity index (χ2n) is 4.07. The molecule has 1 aromatic rings. The van der Waals surface area contributed by atoms with Gasteiger partial charge in [0, 0.05) is 0 Å². The molecule has 82 valence electrons. The van der Waals surface area contributed by atoms with E-state index in [9.17, 15) is 4.79 Å². The lowest BCUT2D eigenvalue weighted by Gasteiger charge is -2.25. The second kappa shape index (κ2) is 3.94. The van der Waals surface area contributed by atoms with Crippen LogP contribution in [0.1, 0.15) is 5.56 Å².